The van der Waals surface area contributed by atoms with Gasteiger partial charge in [0.05, 0.1) is 30.0 Å². The van der Waals surface area contributed by atoms with Crippen LogP contribution in [0.2, 0.25) is 0 Å². The Morgan fingerprint density at radius 3 is 2.88 bits per heavy atom. The Morgan fingerprint density at radius 1 is 1.48 bits per heavy atom. The molecule has 11 heteroatoms. The van der Waals surface area contributed by atoms with Crippen LogP contribution in [0.5, 0.6) is 0 Å². The number of carboxylic acid groups (broad SMARTS) is 1. The highest BCUT2D eigenvalue weighted by atomic mass is 32.1. The van der Waals surface area contributed by atoms with Crippen LogP contribution < -0.4 is 5.32 Å². The highest BCUT2D eigenvalue weighted by Crippen LogP contribution is 2.19. The summed E-state index contributed by atoms with van der Waals surface area (Å²) in [7, 11) is -1.30. The number of oxime groups is 1. The lowest BCUT2D eigenvalue weighted by atomic mass is 9.72. The van der Waals surface area contributed by atoms with Crippen molar-refractivity contribution in [3.63, 3.8) is 0 Å². The maximum Gasteiger partial charge on any atom is 0.478 e. The largest absolute Gasteiger partial charge is 0.481 e. The summed E-state index contributed by atoms with van der Waals surface area (Å²) in [5, 5.41) is 35.7. The van der Waals surface area contributed by atoms with Crippen LogP contribution in [-0.4, -0.2) is 65.2 Å². The van der Waals surface area contributed by atoms with E-state index >= 15 is 0 Å². The van der Waals surface area contributed by atoms with Crippen molar-refractivity contribution < 1.29 is 34.3 Å². The third kappa shape index (κ3) is 5.82. The van der Waals surface area contributed by atoms with Crippen molar-refractivity contribution >= 4 is 36.0 Å². The van der Waals surface area contributed by atoms with Crippen LogP contribution in [0.4, 0.5) is 0 Å². The maximum atomic E-state index is 12.5. The van der Waals surface area contributed by atoms with Crippen LogP contribution in [0.1, 0.15) is 24.1 Å². The van der Waals surface area contributed by atoms with Gasteiger partial charge in [-0.15, -0.1) is 11.3 Å². The van der Waals surface area contributed by atoms with Crippen LogP contribution in [0.3, 0.4) is 0 Å². The van der Waals surface area contributed by atoms with Gasteiger partial charge in [0.15, 0.2) is 5.71 Å². The Morgan fingerprint density at radius 2 is 2.28 bits per heavy atom. The van der Waals surface area contributed by atoms with E-state index in [-0.39, 0.29) is 25.3 Å². The number of carbonyl (C=O) groups excluding carboxylic acids is 1. The first-order valence-corrected chi connectivity index (χ1v) is 8.60. The molecule has 0 aliphatic carbocycles. The zero-order valence-corrected chi connectivity index (χ0v) is 14.1. The predicted molar refractivity (Wildman–Crippen MR) is 90.2 cm³/mol. The van der Waals surface area contributed by atoms with E-state index in [0.717, 1.165) is 0 Å². The topological polar surface area (TPSA) is 138 Å². The normalized spacial score (nSPS) is 21.0. The molecular formula is C14H19BN2O7S. The molecule has 1 unspecified atom stereocenters. The molecule has 0 bridgehead atoms. The summed E-state index contributed by atoms with van der Waals surface area (Å²) < 4.78 is 5.24. The lowest BCUT2D eigenvalue weighted by Gasteiger charge is -2.30. The summed E-state index contributed by atoms with van der Waals surface area (Å²) in [4.78, 5) is 28.6. The number of aliphatic hydroxyl groups excluding tert-OH is 1. The molecule has 0 radical (unpaired) electrons. The van der Waals surface area contributed by atoms with Crippen LogP contribution in [0, 0.1) is 0 Å². The molecule has 9 nitrogen and oxygen atoms in total. The fourth-order valence-corrected chi connectivity index (χ4v) is 3.06. The highest BCUT2D eigenvalue weighted by molar-refractivity contribution is 7.13. The van der Waals surface area contributed by atoms with Gasteiger partial charge in [0.25, 0.3) is 5.91 Å². The van der Waals surface area contributed by atoms with Crippen molar-refractivity contribution in [3.05, 3.63) is 22.4 Å². The van der Waals surface area contributed by atoms with Gasteiger partial charge >= 0.3 is 13.1 Å². The molecule has 1 aromatic heterocycles. The standard InChI is InChI=1S/C14H19BN2O7S/c18-5-6-23-17-13(10-2-1-7-25-10)14(21)16-11-4-3-9(8-12(19)20)24-15(11)22/h1-2,7,9,11,18,22H,3-6,8H2,(H,16,21)(H,19,20)/b17-13-/t9-,11?/m0/s1. The number of aliphatic carboxylic acids is 1. The zero-order chi connectivity index (χ0) is 18.2. The van der Waals surface area contributed by atoms with Gasteiger partial charge in [0, 0.05) is 0 Å². The molecule has 1 aliphatic heterocycles. The summed E-state index contributed by atoms with van der Waals surface area (Å²) in [5.41, 5.74) is 0.0308. The smallest absolute Gasteiger partial charge is 0.478 e. The minimum Gasteiger partial charge on any atom is -0.481 e. The van der Waals surface area contributed by atoms with E-state index in [9.17, 15) is 14.6 Å². The van der Waals surface area contributed by atoms with Crippen molar-refractivity contribution in [1.82, 2.24) is 5.32 Å². The van der Waals surface area contributed by atoms with Crippen molar-refractivity contribution in [3.8, 4) is 0 Å². The molecule has 1 aliphatic rings. The lowest BCUT2D eigenvalue weighted by molar-refractivity contribution is -0.139. The van der Waals surface area contributed by atoms with E-state index < -0.39 is 31.0 Å². The van der Waals surface area contributed by atoms with Crippen LogP contribution in [0.25, 0.3) is 0 Å². The SMILES string of the molecule is O=C(O)C[C@@H]1CCC(NC(=O)/C(=N\OCCO)c2cccs2)B(O)O1. The van der Waals surface area contributed by atoms with Gasteiger partial charge in [0.2, 0.25) is 0 Å². The molecular weight excluding hydrogens is 351 g/mol. The van der Waals surface area contributed by atoms with Crippen molar-refractivity contribution in [2.45, 2.75) is 31.3 Å². The second kappa shape index (κ2) is 9.52. The van der Waals surface area contributed by atoms with E-state index in [1.807, 2.05) is 0 Å². The number of rotatable bonds is 8. The third-order valence-corrected chi connectivity index (χ3v) is 4.38. The Bertz CT molecular complexity index is 610. The second-order valence-electron chi connectivity index (χ2n) is 5.38. The quantitative estimate of drug-likeness (QED) is 0.212. The molecule has 0 aromatic carbocycles. The molecule has 25 heavy (non-hydrogen) atoms. The summed E-state index contributed by atoms with van der Waals surface area (Å²) in [6.07, 6.45) is -0.00542. The molecule has 4 N–H and O–H groups in total. The van der Waals surface area contributed by atoms with Gasteiger partial charge in [-0.3, -0.25) is 9.59 Å². The first kappa shape index (κ1) is 19.4. The third-order valence-electron chi connectivity index (χ3n) is 3.50. The van der Waals surface area contributed by atoms with Gasteiger partial charge in [-0.25, -0.2) is 0 Å². The average molecular weight is 370 g/mol. The number of nitrogens with zero attached hydrogens (tertiary/aromatic N) is 1. The molecule has 1 fully saturated rings. The summed E-state index contributed by atoms with van der Waals surface area (Å²) >= 11 is 1.29. The molecule has 0 spiro atoms. The molecule has 1 amide bonds. The Hall–Kier alpha value is -1.95. The van der Waals surface area contributed by atoms with Gasteiger partial charge in [0.1, 0.15) is 6.61 Å². The fraction of sp³-hybridized carbons (Fsp3) is 0.500. The Labute approximate surface area is 148 Å². The molecule has 2 rings (SSSR count). The van der Waals surface area contributed by atoms with E-state index in [4.69, 9.17) is 19.7 Å². The minimum atomic E-state index is -1.30. The number of aliphatic hydroxyl groups is 1. The number of hydrogen-bond acceptors (Lipinski definition) is 8. The molecule has 2 heterocycles. The number of thiophene rings is 1. The molecule has 136 valence electrons. The number of hydrogen-bond donors (Lipinski definition) is 4. The number of amides is 1. The monoisotopic (exact) mass is 370 g/mol. The van der Waals surface area contributed by atoms with Gasteiger partial charge in [-0.2, -0.15) is 0 Å². The Balaban J connectivity index is 1.98. The average Bonchev–Trinajstić information content (AvgIpc) is 3.07. The lowest BCUT2D eigenvalue weighted by Crippen LogP contribution is -2.54. The van der Waals surface area contributed by atoms with Crippen molar-refractivity contribution in [2.24, 2.45) is 5.16 Å². The molecule has 1 aromatic rings. The summed E-state index contributed by atoms with van der Waals surface area (Å²) in [5.74, 6) is -2.24. The van der Waals surface area contributed by atoms with E-state index in [1.165, 1.54) is 11.3 Å². The first-order valence-electron chi connectivity index (χ1n) is 7.72. The zero-order valence-electron chi connectivity index (χ0n) is 13.3. The van der Waals surface area contributed by atoms with E-state index in [1.54, 1.807) is 17.5 Å². The maximum absolute atomic E-state index is 12.5. The molecule has 1 saturated heterocycles. The van der Waals surface area contributed by atoms with Crippen LogP contribution >= 0.6 is 11.3 Å². The number of carboxylic acids is 1. The molecule has 2 atom stereocenters. The minimum absolute atomic E-state index is 0.0308. The fourth-order valence-electron chi connectivity index (χ4n) is 2.36. The van der Waals surface area contributed by atoms with E-state index in [0.29, 0.717) is 17.7 Å². The van der Waals surface area contributed by atoms with Gasteiger partial charge in [-0.1, -0.05) is 11.2 Å². The van der Waals surface area contributed by atoms with Gasteiger partial charge < -0.3 is 30.0 Å². The number of nitrogens with one attached hydrogen (secondary N) is 1. The second-order valence-corrected chi connectivity index (χ2v) is 6.33. The first-order chi connectivity index (χ1) is 12.0. The van der Waals surface area contributed by atoms with E-state index in [2.05, 4.69) is 10.5 Å². The van der Waals surface area contributed by atoms with Crippen LogP contribution in [-0.2, 0) is 19.1 Å². The highest BCUT2D eigenvalue weighted by Gasteiger charge is 2.37. The summed E-state index contributed by atoms with van der Waals surface area (Å²) in [6.45, 7) is -0.281. The van der Waals surface area contributed by atoms with Crippen molar-refractivity contribution in [2.75, 3.05) is 13.2 Å². The summed E-state index contributed by atoms with van der Waals surface area (Å²) in [6, 6.07) is 3.45. The van der Waals surface area contributed by atoms with Crippen molar-refractivity contribution in [1.29, 1.82) is 0 Å². The Kier molecular flexibility index (Phi) is 7.38. The van der Waals surface area contributed by atoms with Gasteiger partial charge in [-0.05, 0) is 24.3 Å². The number of carbonyl (C=O) groups is 2. The van der Waals surface area contributed by atoms with Crippen LogP contribution in [0.15, 0.2) is 22.7 Å². The molecule has 0 saturated carbocycles. The predicted octanol–water partition coefficient (Wildman–Crippen LogP) is -0.381.